The summed E-state index contributed by atoms with van der Waals surface area (Å²) in [6.07, 6.45) is 2.58. The average molecular weight is 266 g/mol. The standard InChI is InChI=1S/C12H27O2PS/c1-9(2)7-11(5)13-15(16)14-12(6)8-10(3)4/h9-12,16H,7-8H2,1-6H3. The van der Waals surface area contributed by atoms with Gasteiger partial charge in [-0.05, 0) is 38.5 Å². The lowest BCUT2D eigenvalue weighted by Crippen LogP contribution is -2.12. The zero-order chi connectivity index (χ0) is 12.7. The smallest absolute Gasteiger partial charge is 0.235 e. The van der Waals surface area contributed by atoms with Crippen LogP contribution in [0, 0.1) is 11.8 Å². The Bertz CT molecular complexity index is 158. The highest BCUT2D eigenvalue weighted by atomic mass is 32.7. The maximum atomic E-state index is 5.72. The van der Waals surface area contributed by atoms with Crippen LogP contribution in [0.2, 0.25) is 0 Å². The van der Waals surface area contributed by atoms with Gasteiger partial charge in [0.15, 0.2) is 0 Å². The highest BCUT2D eigenvalue weighted by Crippen LogP contribution is 2.46. The third-order valence-corrected chi connectivity index (χ3v) is 3.79. The molecule has 0 heterocycles. The lowest BCUT2D eigenvalue weighted by atomic mass is 10.1. The third kappa shape index (κ3) is 9.89. The van der Waals surface area contributed by atoms with E-state index in [2.05, 4.69) is 53.8 Å². The summed E-state index contributed by atoms with van der Waals surface area (Å²) in [5.74, 6) is 1.31. The first kappa shape index (κ1) is 16.7. The Labute approximate surface area is 108 Å². The van der Waals surface area contributed by atoms with E-state index in [9.17, 15) is 0 Å². The summed E-state index contributed by atoms with van der Waals surface area (Å²) < 4.78 is 11.4. The molecule has 16 heavy (non-hydrogen) atoms. The molecule has 0 N–H and O–H groups in total. The minimum absolute atomic E-state index is 0.231. The highest BCUT2D eigenvalue weighted by Gasteiger charge is 2.16. The van der Waals surface area contributed by atoms with Crippen LogP contribution in [-0.2, 0) is 9.05 Å². The lowest BCUT2D eigenvalue weighted by Gasteiger charge is -2.22. The van der Waals surface area contributed by atoms with Crippen LogP contribution in [0.5, 0.6) is 0 Å². The molecule has 0 fully saturated rings. The Balaban J connectivity index is 3.75. The highest BCUT2D eigenvalue weighted by molar-refractivity contribution is 8.41. The van der Waals surface area contributed by atoms with Gasteiger partial charge in [0.2, 0.25) is 7.58 Å². The van der Waals surface area contributed by atoms with Crippen molar-refractivity contribution in [2.45, 2.75) is 66.6 Å². The van der Waals surface area contributed by atoms with Gasteiger partial charge in [0.25, 0.3) is 0 Å². The maximum Gasteiger partial charge on any atom is 0.235 e. The van der Waals surface area contributed by atoms with Crippen LogP contribution in [0.4, 0.5) is 0 Å². The fraction of sp³-hybridized carbons (Fsp3) is 1.00. The molecule has 0 saturated carbocycles. The van der Waals surface area contributed by atoms with Crippen molar-refractivity contribution in [2.75, 3.05) is 0 Å². The van der Waals surface area contributed by atoms with Crippen LogP contribution in [0.1, 0.15) is 54.4 Å². The largest absolute Gasteiger partial charge is 0.323 e. The van der Waals surface area contributed by atoms with E-state index in [1.165, 1.54) is 0 Å². The molecule has 0 rings (SSSR count). The molecule has 0 aromatic rings. The second kappa shape index (κ2) is 8.74. The van der Waals surface area contributed by atoms with Crippen LogP contribution in [-0.4, -0.2) is 12.2 Å². The van der Waals surface area contributed by atoms with Gasteiger partial charge in [0.05, 0.1) is 12.2 Å². The Morgan fingerprint density at radius 2 is 1.12 bits per heavy atom. The molecule has 0 aliphatic carbocycles. The fourth-order valence-electron chi connectivity index (χ4n) is 1.75. The summed E-state index contributed by atoms with van der Waals surface area (Å²) in [7, 11) is -1.03. The van der Waals surface area contributed by atoms with E-state index in [1.807, 2.05) is 0 Å². The van der Waals surface area contributed by atoms with Gasteiger partial charge < -0.3 is 9.05 Å². The third-order valence-electron chi connectivity index (χ3n) is 2.15. The SMILES string of the molecule is CC(C)CC(C)OP(S)OC(C)CC(C)C. The molecule has 0 aliphatic heterocycles. The molecule has 0 radical (unpaired) electrons. The zero-order valence-corrected chi connectivity index (χ0v) is 13.2. The molecule has 0 bridgehead atoms. The van der Waals surface area contributed by atoms with Crippen molar-refractivity contribution in [3.05, 3.63) is 0 Å². The van der Waals surface area contributed by atoms with E-state index in [1.54, 1.807) is 0 Å². The van der Waals surface area contributed by atoms with Crippen LogP contribution >= 0.6 is 19.8 Å². The molecule has 0 saturated heterocycles. The second-order valence-corrected chi connectivity index (χ2v) is 7.21. The molecule has 2 unspecified atom stereocenters. The van der Waals surface area contributed by atoms with Gasteiger partial charge in [-0.2, -0.15) is 0 Å². The molecule has 0 aromatic heterocycles. The number of rotatable bonds is 8. The van der Waals surface area contributed by atoms with E-state index in [-0.39, 0.29) is 12.2 Å². The van der Waals surface area contributed by atoms with Crippen molar-refractivity contribution in [1.29, 1.82) is 0 Å². The fourth-order valence-corrected chi connectivity index (χ4v) is 3.55. The molecular weight excluding hydrogens is 239 g/mol. The van der Waals surface area contributed by atoms with Gasteiger partial charge in [0, 0.05) is 0 Å². The molecule has 2 nitrogen and oxygen atoms in total. The van der Waals surface area contributed by atoms with E-state index < -0.39 is 7.58 Å². The van der Waals surface area contributed by atoms with Gasteiger partial charge in [-0.15, -0.1) is 0 Å². The van der Waals surface area contributed by atoms with Crippen molar-refractivity contribution in [3.8, 4) is 0 Å². The topological polar surface area (TPSA) is 18.5 Å². The van der Waals surface area contributed by atoms with Gasteiger partial charge in [0.1, 0.15) is 0 Å². The predicted molar refractivity (Wildman–Crippen MR) is 75.9 cm³/mol. The first-order valence-corrected chi connectivity index (χ1v) is 8.46. The quantitative estimate of drug-likeness (QED) is 0.490. The van der Waals surface area contributed by atoms with E-state index in [4.69, 9.17) is 9.05 Å². The molecule has 2 atom stereocenters. The van der Waals surface area contributed by atoms with Crippen molar-refractivity contribution >= 4 is 19.8 Å². The van der Waals surface area contributed by atoms with Crippen LogP contribution < -0.4 is 0 Å². The summed E-state index contributed by atoms with van der Waals surface area (Å²) >= 11 is 4.37. The maximum absolute atomic E-state index is 5.72. The van der Waals surface area contributed by atoms with E-state index in [0.717, 1.165) is 12.8 Å². The van der Waals surface area contributed by atoms with Crippen LogP contribution in [0.25, 0.3) is 0 Å². The van der Waals surface area contributed by atoms with Gasteiger partial charge in [-0.3, -0.25) is 0 Å². The van der Waals surface area contributed by atoms with Crippen molar-refractivity contribution < 1.29 is 9.05 Å². The first-order chi connectivity index (χ1) is 7.31. The first-order valence-electron chi connectivity index (χ1n) is 6.13. The summed E-state index contributed by atoms with van der Waals surface area (Å²) in [5, 5.41) is 0. The number of thiol groups is 1. The summed E-state index contributed by atoms with van der Waals surface area (Å²) in [5.41, 5.74) is 0. The molecule has 0 aromatic carbocycles. The normalized spacial score (nSPS) is 17.8. The van der Waals surface area contributed by atoms with Crippen LogP contribution in [0.15, 0.2) is 0 Å². The van der Waals surface area contributed by atoms with Crippen molar-refractivity contribution in [3.63, 3.8) is 0 Å². The number of hydrogen-bond acceptors (Lipinski definition) is 3. The Morgan fingerprint density at radius 3 is 1.38 bits per heavy atom. The Kier molecular flexibility index (Phi) is 9.12. The molecule has 98 valence electrons. The van der Waals surface area contributed by atoms with Crippen molar-refractivity contribution in [1.82, 2.24) is 0 Å². The second-order valence-electron chi connectivity index (χ2n) is 5.33. The van der Waals surface area contributed by atoms with Crippen molar-refractivity contribution in [2.24, 2.45) is 11.8 Å². The molecule has 0 amide bonds. The minimum atomic E-state index is -1.03. The summed E-state index contributed by atoms with van der Waals surface area (Å²) in [4.78, 5) is 0. The Hall–Kier alpha value is 0.700. The Morgan fingerprint density at radius 1 is 0.812 bits per heavy atom. The molecule has 4 heteroatoms. The summed E-state index contributed by atoms with van der Waals surface area (Å²) in [6, 6.07) is 0. The zero-order valence-electron chi connectivity index (χ0n) is 11.4. The van der Waals surface area contributed by atoms with E-state index in [0.29, 0.717) is 11.8 Å². The van der Waals surface area contributed by atoms with Gasteiger partial charge >= 0.3 is 0 Å². The molecule has 0 spiro atoms. The minimum Gasteiger partial charge on any atom is -0.323 e. The van der Waals surface area contributed by atoms with Gasteiger partial charge in [-0.25, -0.2) is 0 Å². The summed E-state index contributed by atoms with van der Waals surface area (Å²) in [6.45, 7) is 13.0. The van der Waals surface area contributed by atoms with E-state index >= 15 is 0 Å². The average Bonchev–Trinajstić information content (AvgIpc) is 1.97. The molecular formula is C12H27O2PS. The van der Waals surface area contributed by atoms with Gasteiger partial charge in [-0.1, -0.05) is 39.9 Å². The monoisotopic (exact) mass is 266 g/mol. The molecule has 0 aliphatic rings. The predicted octanol–water partition coefficient (Wildman–Crippen LogP) is 5.05. The lowest BCUT2D eigenvalue weighted by molar-refractivity contribution is 0.145. The number of hydrogen-bond donors (Lipinski definition) is 1. The van der Waals surface area contributed by atoms with Crippen LogP contribution in [0.3, 0.4) is 0 Å².